The zero-order valence-electron chi connectivity index (χ0n) is 10.2. The zero-order chi connectivity index (χ0) is 11.2. The fraction of sp³-hybridized carbons (Fsp3) is 0.769. The van der Waals surface area contributed by atoms with Crippen molar-refractivity contribution in [3.8, 4) is 0 Å². The van der Waals surface area contributed by atoms with Gasteiger partial charge in [-0.2, -0.15) is 0 Å². The lowest BCUT2D eigenvalue weighted by Crippen LogP contribution is -2.32. The van der Waals surface area contributed by atoms with Gasteiger partial charge in [0.15, 0.2) is 0 Å². The van der Waals surface area contributed by atoms with Gasteiger partial charge < -0.3 is 9.88 Å². The normalized spacial score (nSPS) is 17.6. The van der Waals surface area contributed by atoms with E-state index >= 15 is 0 Å². The second kappa shape index (κ2) is 6.04. The molecule has 1 aromatic rings. The molecule has 3 heteroatoms. The number of nitrogens with one attached hydrogen (secondary N) is 1. The van der Waals surface area contributed by atoms with Crippen LogP contribution in [0.3, 0.4) is 0 Å². The molecule has 90 valence electrons. The quantitative estimate of drug-likeness (QED) is 0.683. The van der Waals surface area contributed by atoms with Crippen molar-refractivity contribution in [2.45, 2.75) is 51.6 Å². The SMILES string of the molecule is CCCC(NCCCn1ccnc1)C1CC1. The zero-order valence-corrected chi connectivity index (χ0v) is 10.2. The molecule has 0 amide bonds. The summed E-state index contributed by atoms with van der Waals surface area (Å²) in [7, 11) is 0. The van der Waals surface area contributed by atoms with Crippen LogP contribution in [0.25, 0.3) is 0 Å². The molecule has 0 saturated heterocycles. The van der Waals surface area contributed by atoms with Crippen molar-refractivity contribution in [2.75, 3.05) is 6.54 Å². The van der Waals surface area contributed by atoms with E-state index < -0.39 is 0 Å². The Morgan fingerprint density at radius 3 is 3.00 bits per heavy atom. The molecule has 1 aromatic heterocycles. The Kier molecular flexibility index (Phi) is 4.40. The van der Waals surface area contributed by atoms with Gasteiger partial charge in [-0.05, 0) is 38.1 Å². The first-order valence-electron chi connectivity index (χ1n) is 6.59. The number of aromatic nitrogens is 2. The minimum atomic E-state index is 0.785. The highest BCUT2D eigenvalue weighted by Crippen LogP contribution is 2.34. The molecule has 16 heavy (non-hydrogen) atoms. The number of hydrogen-bond donors (Lipinski definition) is 1. The summed E-state index contributed by atoms with van der Waals surface area (Å²) in [4.78, 5) is 4.05. The van der Waals surface area contributed by atoms with Crippen molar-refractivity contribution in [3.63, 3.8) is 0 Å². The molecule has 0 aromatic carbocycles. The summed E-state index contributed by atoms with van der Waals surface area (Å²) in [6, 6.07) is 0.785. The first-order valence-corrected chi connectivity index (χ1v) is 6.59. The van der Waals surface area contributed by atoms with E-state index in [-0.39, 0.29) is 0 Å². The average molecular weight is 221 g/mol. The first-order chi connectivity index (χ1) is 7.90. The molecule has 1 atom stereocenters. The van der Waals surface area contributed by atoms with Gasteiger partial charge in [0.2, 0.25) is 0 Å². The number of rotatable bonds is 8. The molecule has 0 bridgehead atoms. The Bertz CT molecular complexity index is 277. The summed E-state index contributed by atoms with van der Waals surface area (Å²) in [6.07, 6.45) is 12.5. The molecule has 1 saturated carbocycles. The van der Waals surface area contributed by atoms with Gasteiger partial charge in [0.05, 0.1) is 6.33 Å². The maximum Gasteiger partial charge on any atom is 0.0945 e. The fourth-order valence-corrected chi connectivity index (χ4v) is 2.28. The van der Waals surface area contributed by atoms with Crippen LogP contribution in [0.2, 0.25) is 0 Å². The summed E-state index contributed by atoms with van der Waals surface area (Å²) in [6.45, 7) is 4.50. The van der Waals surface area contributed by atoms with Gasteiger partial charge in [0, 0.05) is 25.0 Å². The summed E-state index contributed by atoms with van der Waals surface area (Å²) in [5.74, 6) is 0.980. The largest absolute Gasteiger partial charge is 0.337 e. The molecule has 1 aliphatic carbocycles. The van der Waals surface area contributed by atoms with E-state index in [0.29, 0.717) is 0 Å². The number of hydrogen-bond acceptors (Lipinski definition) is 2. The molecule has 1 N–H and O–H groups in total. The van der Waals surface area contributed by atoms with Crippen molar-refractivity contribution >= 4 is 0 Å². The van der Waals surface area contributed by atoms with Gasteiger partial charge in [-0.25, -0.2) is 4.98 Å². The Labute approximate surface area is 98.3 Å². The van der Waals surface area contributed by atoms with Crippen LogP contribution in [-0.2, 0) is 6.54 Å². The summed E-state index contributed by atoms with van der Waals surface area (Å²) >= 11 is 0. The van der Waals surface area contributed by atoms with Crippen molar-refractivity contribution in [2.24, 2.45) is 5.92 Å². The predicted octanol–water partition coefficient (Wildman–Crippen LogP) is 2.44. The molecule has 2 rings (SSSR count). The van der Waals surface area contributed by atoms with Crippen LogP contribution in [0.5, 0.6) is 0 Å². The third kappa shape index (κ3) is 3.63. The molecule has 1 fully saturated rings. The summed E-state index contributed by atoms with van der Waals surface area (Å²) in [5.41, 5.74) is 0. The van der Waals surface area contributed by atoms with Crippen molar-refractivity contribution in [3.05, 3.63) is 18.7 Å². The second-order valence-electron chi connectivity index (χ2n) is 4.84. The van der Waals surface area contributed by atoms with Crippen LogP contribution in [0.4, 0.5) is 0 Å². The van der Waals surface area contributed by atoms with Gasteiger partial charge in [-0.3, -0.25) is 0 Å². The standard InChI is InChI=1S/C13H23N3/c1-2-4-13(12-5-6-12)15-7-3-9-16-10-8-14-11-16/h8,10-13,15H,2-7,9H2,1H3. The lowest BCUT2D eigenvalue weighted by Gasteiger charge is -2.17. The van der Waals surface area contributed by atoms with E-state index in [0.717, 1.165) is 25.0 Å². The molecule has 1 unspecified atom stereocenters. The minimum Gasteiger partial charge on any atom is -0.337 e. The molecular weight excluding hydrogens is 198 g/mol. The average Bonchev–Trinajstić information content (AvgIpc) is 3.01. The van der Waals surface area contributed by atoms with Crippen molar-refractivity contribution in [1.82, 2.24) is 14.9 Å². The highest BCUT2D eigenvalue weighted by atomic mass is 15.0. The summed E-state index contributed by atoms with van der Waals surface area (Å²) in [5, 5.41) is 3.71. The third-order valence-corrected chi connectivity index (χ3v) is 3.35. The fourth-order valence-electron chi connectivity index (χ4n) is 2.28. The van der Waals surface area contributed by atoms with Crippen LogP contribution < -0.4 is 5.32 Å². The van der Waals surface area contributed by atoms with Crippen molar-refractivity contribution in [1.29, 1.82) is 0 Å². The highest BCUT2D eigenvalue weighted by Gasteiger charge is 2.29. The predicted molar refractivity (Wildman–Crippen MR) is 66.3 cm³/mol. The maximum atomic E-state index is 4.05. The van der Waals surface area contributed by atoms with Crippen LogP contribution in [-0.4, -0.2) is 22.1 Å². The highest BCUT2D eigenvalue weighted by molar-refractivity contribution is 4.86. The Hall–Kier alpha value is -0.830. The molecule has 1 heterocycles. The monoisotopic (exact) mass is 221 g/mol. The van der Waals surface area contributed by atoms with E-state index in [1.165, 1.54) is 32.1 Å². The Morgan fingerprint density at radius 2 is 2.38 bits per heavy atom. The van der Waals surface area contributed by atoms with E-state index in [1.54, 1.807) is 0 Å². The molecule has 3 nitrogen and oxygen atoms in total. The van der Waals surface area contributed by atoms with Crippen LogP contribution in [0.15, 0.2) is 18.7 Å². The lowest BCUT2D eigenvalue weighted by molar-refractivity contribution is 0.420. The first kappa shape index (κ1) is 11.6. The maximum absolute atomic E-state index is 4.05. The molecule has 0 spiro atoms. The molecule has 0 radical (unpaired) electrons. The van der Waals surface area contributed by atoms with E-state index in [4.69, 9.17) is 0 Å². The van der Waals surface area contributed by atoms with Gasteiger partial charge in [0.25, 0.3) is 0 Å². The molecule has 1 aliphatic rings. The summed E-state index contributed by atoms with van der Waals surface area (Å²) < 4.78 is 2.15. The second-order valence-corrected chi connectivity index (χ2v) is 4.84. The van der Waals surface area contributed by atoms with Gasteiger partial charge in [0.1, 0.15) is 0 Å². The van der Waals surface area contributed by atoms with Gasteiger partial charge in [-0.1, -0.05) is 13.3 Å². The van der Waals surface area contributed by atoms with E-state index in [2.05, 4.69) is 21.8 Å². The van der Waals surface area contributed by atoms with E-state index in [1.807, 2.05) is 18.7 Å². The molecule has 0 aliphatic heterocycles. The Balaban J connectivity index is 1.59. The van der Waals surface area contributed by atoms with Crippen LogP contribution >= 0.6 is 0 Å². The Morgan fingerprint density at radius 1 is 1.50 bits per heavy atom. The smallest absolute Gasteiger partial charge is 0.0945 e. The van der Waals surface area contributed by atoms with Crippen molar-refractivity contribution < 1.29 is 0 Å². The lowest BCUT2D eigenvalue weighted by atomic mass is 10.1. The number of imidazole rings is 1. The number of aryl methyl sites for hydroxylation is 1. The van der Waals surface area contributed by atoms with Gasteiger partial charge in [-0.15, -0.1) is 0 Å². The minimum absolute atomic E-state index is 0.785. The van der Waals surface area contributed by atoms with Crippen LogP contribution in [0.1, 0.15) is 39.0 Å². The topological polar surface area (TPSA) is 29.9 Å². The van der Waals surface area contributed by atoms with Crippen LogP contribution in [0, 0.1) is 5.92 Å². The van der Waals surface area contributed by atoms with E-state index in [9.17, 15) is 0 Å². The number of nitrogens with zero attached hydrogens (tertiary/aromatic N) is 2. The molecular formula is C13H23N3. The third-order valence-electron chi connectivity index (χ3n) is 3.35. The van der Waals surface area contributed by atoms with Gasteiger partial charge >= 0.3 is 0 Å².